The molecule has 0 radical (unpaired) electrons. The van der Waals surface area contributed by atoms with Crippen LogP contribution in [0.25, 0.3) is 6.08 Å². The van der Waals surface area contributed by atoms with Gasteiger partial charge < -0.3 is 19.5 Å². The molecule has 1 aliphatic heterocycles. The van der Waals surface area contributed by atoms with E-state index in [4.69, 9.17) is 42.7 Å². The number of carbonyl (C=O) groups excluding carboxylic acids is 2. The molecule has 1 amide bonds. The van der Waals surface area contributed by atoms with E-state index in [0.717, 1.165) is 0 Å². The molecule has 0 saturated carbocycles. The standard InChI is InChI=1S/C21H16Cl2N2O5/c1-12(21(27)25-15-4-3-14(11-24)16(22)10-15)30-19(26)5-2-13-8-17(23)20-18(9-13)28-6-7-29-20/h2-5,8-10,12H,6-7H2,1H3,(H,25,27). The lowest BCUT2D eigenvalue weighted by molar-refractivity contribution is -0.148. The van der Waals surface area contributed by atoms with Gasteiger partial charge in [-0.3, -0.25) is 4.79 Å². The van der Waals surface area contributed by atoms with Gasteiger partial charge in [0.15, 0.2) is 17.6 Å². The van der Waals surface area contributed by atoms with Crippen molar-refractivity contribution in [2.24, 2.45) is 0 Å². The van der Waals surface area contributed by atoms with Crippen LogP contribution >= 0.6 is 23.2 Å². The van der Waals surface area contributed by atoms with Crippen LogP contribution in [0, 0.1) is 11.3 Å². The quantitative estimate of drug-likeness (QED) is 0.545. The number of ether oxygens (including phenoxy) is 3. The van der Waals surface area contributed by atoms with Crippen molar-refractivity contribution in [2.45, 2.75) is 13.0 Å². The van der Waals surface area contributed by atoms with Crippen LogP contribution in [0.5, 0.6) is 11.5 Å². The average molecular weight is 447 g/mol. The molecule has 7 nitrogen and oxygen atoms in total. The Bertz CT molecular complexity index is 1060. The number of rotatable bonds is 5. The first-order valence-electron chi connectivity index (χ1n) is 8.85. The van der Waals surface area contributed by atoms with E-state index >= 15 is 0 Å². The van der Waals surface area contributed by atoms with E-state index < -0.39 is 18.0 Å². The lowest BCUT2D eigenvalue weighted by atomic mass is 10.2. The molecule has 0 bridgehead atoms. The largest absolute Gasteiger partial charge is 0.486 e. The minimum absolute atomic E-state index is 0.209. The summed E-state index contributed by atoms with van der Waals surface area (Å²) in [5.74, 6) is -0.284. The van der Waals surface area contributed by atoms with Crippen LogP contribution in [0.4, 0.5) is 5.69 Å². The Balaban J connectivity index is 1.59. The van der Waals surface area contributed by atoms with Crippen molar-refractivity contribution in [3.8, 4) is 17.6 Å². The highest BCUT2D eigenvalue weighted by Gasteiger charge is 2.18. The first-order chi connectivity index (χ1) is 14.4. The Labute approximate surface area is 182 Å². The molecule has 1 aliphatic rings. The fourth-order valence-electron chi connectivity index (χ4n) is 2.59. The maximum atomic E-state index is 12.2. The van der Waals surface area contributed by atoms with Gasteiger partial charge in [0.25, 0.3) is 5.91 Å². The van der Waals surface area contributed by atoms with Crippen LogP contribution in [0.15, 0.2) is 36.4 Å². The molecule has 1 N–H and O–H groups in total. The Kier molecular flexibility index (Phi) is 6.83. The van der Waals surface area contributed by atoms with Crippen molar-refractivity contribution in [1.82, 2.24) is 0 Å². The highest BCUT2D eigenvalue weighted by atomic mass is 35.5. The molecule has 9 heteroatoms. The van der Waals surface area contributed by atoms with Crippen LogP contribution in [-0.2, 0) is 14.3 Å². The molecule has 0 fully saturated rings. The molecule has 1 heterocycles. The van der Waals surface area contributed by atoms with Crippen LogP contribution in [0.2, 0.25) is 10.0 Å². The summed E-state index contributed by atoms with van der Waals surface area (Å²) in [6.07, 6.45) is 1.63. The van der Waals surface area contributed by atoms with Gasteiger partial charge in [-0.1, -0.05) is 23.2 Å². The zero-order chi connectivity index (χ0) is 21.7. The number of nitrogens with one attached hydrogen (secondary N) is 1. The van der Waals surface area contributed by atoms with Crippen LogP contribution in [-0.4, -0.2) is 31.2 Å². The number of nitriles is 1. The molecule has 0 aliphatic carbocycles. The Morgan fingerprint density at radius 2 is 1.97 bits per heavy atom. The summed E-state index contributed by atoms with van der Waals surface area (Å²) in [6.45, 7) is 2.27. The molecule has 1 unspecified atom stereocenters. The number of fused-ring (bicyclic) bond motifs is 1. The number of carbonyl (C=O) groups is 2. The van der Waals surface area contributed by atoms with Gasteiger partial charge in [0.05, 0.1) is 15.6 Å². The average Bonchev–Trinajstić information content (AvgIpc) is 2.72. The predicted molar refractivity (Wildman–Crippen MR) is 112 cm³/mol. The number of hydrogen-bond donors (Lipinski definition) is 1. The van der Waals surface area contributed by atoms with Gasteiger partial charge in [-0.05, 0) is 48.9 Å². The van der Waals surface area contributed by atoms with Gasteiger partial charge >= 0.3 is 5.97 Å². The Morgan fingerprint density at radius 1 is 1.20 bits per heavy atom. The summed E-state index contributed by atoms with van der Waals surface area (Å²) >= 11 is 12.1. The molecular formula is C21H16Cl2N2O5. The highest BCUT2D eigenvalue weighted by molar-refractivity contribution is 6.32. The first-order valence-corrected chi connectivity index (χ1v) is 9.61. The van der Waals surface area contributed by atoms with Crippen molar-refractivity contribution in [3.63, 3.8) is 0 Å². The van der Waals surface area contributed by atoms with Crippen LogP contribution < -0.4 is 14.8 Å². The van der Waals surface area contributed by atoms with Crippen molar-refractivity contribution >= 4 is 46.8 Å². The first kappa shape index (κ1) is 21.5. The Morgan fingerprint density at radius 3 is 2.70 bits per heavy atom. The van der Waals surface area contributed by atoms with Crippen molar-refractivity contribution in [3.05, 3.63) is 57.6 Å². The fraction of sp³-hybridized carbons (Fsp3) is 0.190. The number of anilines is 1. The second-order valence-electron chi connectivity index (χ2n) is 6.24. The number of amides is 1. The van der Waals surface area contributed by atoms with Crippen molar-refractivity contribution in [1.29, 1.82) is 5.26 Å². The molecule has 1 atom stereocenters. The second-order valence-corrected chi connectivity index (χ2v) is 7.05. The molecule has 3 rings (SSSR count). The molecule has 30 heavy (non-hydrogen) atoms. The Hall–Kier alpha value is -3.21. The molecular weight excluding hydrogens is 431 g/mol. The predicted octanol–water partition coefficient (Wildman–Crippen LogP) is 4.22. The second kappa shape index (κ2) is 9.53. The maximum Gasteiger partial charge on any atom is 0.331 e. The number of halogens is 2. The van der Waals surface area contributed by atoms with Gasteiger partial charge in [-0.15, -0.1) is 0 Å². The molecule has 0 aromatic heterocycles. The monoisotopic (exact) mass is 446 g/mol. The number of hydrogen-bond acceptors (Lipinski definition) is 6. The van der Waals surface area contributed by atoms with E-state index in [1.165, 1.54) is 37.3 Å². The maximum absolute atomic E-state index is 12.2. The number of benzene rings is 2. The van der Waals surface area contributed by atoms with Gasteiger partial charge in [-0.25, -0.2) is 4.79 Å². The van der Waals surface area contributed by atoms with Crippen molar-refractivity contribution in [2.75, 3.05) is 18.5 Å². The van der Waals surface area contributed by atoms with E-state index in [2.05, 4.69) is 5.32 Å². The number of esters is 1. The minimum Gasteiger partial charge on any atom is -0.486 e. The van der Waals surface area contributed by atoms with Gasteiger partial charge in [-0.2, -0.15) is 5.26 Å². The molecule has 154 valence electrons. The van der Waals surface area contributed by atoms with Gasteiger partial charge in [0.1, 0.15) is 19.3 Å². The highest BCUT2D eigenvalue weighted by Crippen LogP contribution is 2.38. The molecule has 0 spiro atoms. The summed E-state index contributed by atoms with van der Waals surface area (Å²) in [5.41, 5.74) is 1.29. The van der Waals surface area contributed by atoms with Crippen LogP contribution in [0.3, 0.4) is 0 Å². The fourth-order valence-corrected chi connectivity index (χ4v) is 3.08. The lowest BCUT2D eigenvalue weighted by Crippen LogP contribution is -2.29. The molecule has 0 saturated heterocycles. The van der Waals surface area contributed by atoms with Gasteiger partial charge in [0.2, 0.25) is 0 Å². The summed E-state index contributed by atoms with van der Waals surface area (Å²) in [7, 11) is 0. The minimum atomic E-state index is -1.06. The summed E-state index contributed by atoms with van der Waals surface area (Å²) < 4.78 is 16.0. The van der Waals surface area contributed by atoms with Crippen molar-refractivity contribution < 1.29 is 23.8 Å². The third-order valence-corrected chi connectivity index (χ3v) is 4.64. The van der Waals surface area contributed by atoms with E-state index in [-0.39, 0.29) is 5.02 Å². The smallest absolute Gasteiger partial charge is 0.331 e. The molecule has 2 aromatic rings. The topological polar surface area (TPSA) is 97.7 Å². The normalized spacial score (nSPS) is 13.4. The third-order valence-electron chi connectivity index (χ3n) is 4.05. The van der Waals surface area contributed by atoms with E-state index in [1.54, 1.807) is 12.1 Å². The molecule has 2 aromatic carbocycles. The zero-order valence-corrected chi connectivity index (χ0v) is 17.3. The SMILES string of the molecule is CC(OC(=O)C=Cc1cc(Cl)c2c(c1)OCCO2)C(=O)Nc1ccc(C#N)c(Cl)c1. The zero-order valence-electron chi connectivity index (χ0n) is 15.8. The lowest BCUT2D eigenvalue weighted by Gasteiger charge is -2.19. The summed E-state index contributed by atoms with van der Waals surface area (Å²) in [5, 5.41) is 12.0. The van der Waals surface area contributed by atoms with Crippen LogP contribution in [0.1, 0.15) is 18.1 Å². The van der Waals surface area contributed by atoms with E-state index in [1.807, 2.05) is 6.07 Å². The van der Waals surface area contributed by atoms with E-state index in [0.29, 0.717) is 46.5 Å². The third kappa shape index (κ3) is 5.23. The summed E-state index contributed by atoms with van der Waals surface area (Å²) in [6, 6.07) is 9.70. The van der Waals surface area contributed by atoms with E-state index in [9.17, 15) is 9.59 Å². The number of nitrogens with zero attached hydrogens (tertiary/aromatic N) is 1. The summed E-state index contributed by atoms with van der Waals surface area (Å²) in [4.78, 5) is 24.3. The van der Waals surface area contributed by atoms with Gasteiger partial charge in [0, 0.05) is 11.8 Å².